The number of rotatable bonds is 9. The number of likely N-dealkylation sites (tertiary alicyclic amines) is 1. The fraction of sp³-hybridized carbons (Fsp3) is 0.529. The Morgan fingerprint density at radius 3 is 2.24 bits per heavy atom. The van der Waals surface area contributed by atoms with Crippen LogP contribution >= 0.6 is 0 Å². The lowest BCUT2D eigenvalue weighted by Crippen LogP contribution is -2.50. The second-order valence-corrected chi connectivity index (χ2v) is 19.2. The molecule has 2 amide bonds. The van der Waals surface area contributed by atoms with Gasteiger partial charge in [-0.15, -0.1) is 5.10 Å². The van der Waals surface area contributed by atoms with Crippen LogP contribution in [0.5, 0.6) is 0 Å². The molecule has 1 fully saturated rings. The fourth-order valence-corrected chi connectivity index (χ4v) is 6.63. The molecule has 2 aromatic carbocycles. The summed E-state index contributed by atoms with van der Waals surface area (Å²) in [6.07, 6.45) is 1.54. The number of benzene rings is 2. The second kappa shape index (κ2) is 13.3. The van der Waals surface area contributed by atoms with Crippen molar-refractivity contribution in [1.29, 1.82) is 0 Å². The molecule has 0 spiro atoms. The monoisotopic (exact) mass is 636 g/mol. The zero-order valence-electron chi connectivity index (χ0n) is 28.0. The molecule has 0 unspecified atom stereocenters. The van der Waals surface area contributed by atoms with Crippen molar-refractivity contribution in [2.24, 2.45) is 0 Å². The normalized spacial score (nSPS) is 18.8. The van der Waals surface area contributed by atoms with E-state index in [1.165, 1.54) is 0 Å². The number of aromatic amines is 1. The number of aromatic nitrogens is 2. The van der Waals surface area contributed by atoms with Gasteiger partial charge in [-0.05, 0) is 88.3 Å². The third-order valence-corrected chi connectivity index (χ3v) is 13.2. The number of hydrogen-bond acceptors (Lipinski definition) is 7. The number of amides is 2. The number of nitrogens with zero attached hydrogens (tertiary/aromatic N) is 2. The van der Waals surface area contributed by atoms with Crippen LogP contribution in [0.3, 0.4) is 0 Å². The summed E-state index contributed by atoms with van der Waals surface area (Å²) in [5, 5.41) is 8.76. The Hall–Kier alpha value is -3.70. The van der Waals surface area contributed by atoms with Gasteiger partial charge < -0.3 is 18.9 Å². The van der Waals surface area contributed by atoms with Crippen LogP contribution in [0.15, 0.2) is 63.8 Å². The molecule has 45 heavy (non-hydrogen) atoms. The molecule has 1 saturated heterocycles. The fourth-order valence-electron chi connectivity index (χ4n) is 5.35. The van der Waals surface area contributed by atoms with Crippen LogP contribution in [0, 0.1) is 0 Å². The second-order valence-electron chi connectivity index (χ2n) is 14.4. The van der Waals surface area contributed by atoms with Crippen LogP contribution in [-0.4, -0.2) is 53.1 Å². The third kappa shape index (κ3) is 8.52. The summed E-state index contributed by atoms with van der Waals surface area (Å²) < 4.78 is 18.0. The number of carbonyl (C=O) groups is 2. The molecule has 0 radical (unpaired) electrons. The van der Waals surface area contributed by atoms with E-state index in [1.807, 2.05) is 56.0 Å². The van der Waals surface area contributed by atoms with Gasteiger partial charge in [0.25, 0.3) is 5.91 Å². The summed E-state index contributed by atoms with van der Waals surface area (Å²) >= 11 is 0. The standard InChI is InChI=1S/C34H48N4O6Si/c1-22(30-36-37-31(40)42-30)35-29(39)25-17-15-23(16-18-25)21-26-19-20-27(38(26)32(41)43-33(2,3)4)28(24-13-11-10-12-14-24)44-45(8,9)34(5,6)7/h10-18,22,26-28H,19-21H2,1-9H3,(H,35,39)(H,37,40)/t22-,26+,27-,28-/m1/s1. The van der Waals surface area contributed by atoms with Crippen LogP contribution in [0.1, 0.15) is 101 Å². The van der Waals surface area contributed by atoms with Crippen molar-refractivity contribution < 1.29 is 23.2 Å². The maximum absolute atomic E-state index is 13.9. The zero-order chi connectivity index (χ0) is 33.2. The Labute approximate surface area is 267 Å². The number of ether oxygens (including phenoxy) is 1. The molecular weight excluding hydrogens is 588 g/mol. The SMILES string of the molecule is C[C@@H](NC(=O)c1ccc(C[C@@H]2CC[C@H]([C@H](O[Si](C)(C)C(C)(C)C)c3ccccc3)N2C(=O)OC(C)(C)C)cc1)c1n[nH]c(=O)o1. The first-order chi connectivity index (χ1) is 20.9. The molecule has 0 saturated carbocycles. The van der Waals surface area contributed by atoms with Crippen LogP contribution in [0.25, 0.3) is 0 Å². The predicted molar refractivity (Wildman–Crippen MR) is 175 cm³/mol. The summed E-state index contributed by atoms with van der Waals surface area (Å²) in [6.45, 7) is 18.5. The molecule has 1 aliphatic heterocycles. The minimum atomic E-state index is -2.22. The van der Waals surface area contributed by atoms with Crippen LogP contribution in [0.2, 0.25) is 18.1 Å². The van der Waals surface area contributed by atoms with Gasteiger partial charge in [0.05, 0.1) is 12.1 Å². The lowest BCUT2D eigenvalue weighted by molar-refractivity contribution is -0.00239. The first kappa shape index (κ1) is 34.2. The van der Waals surface area contributed by atoms with E-state index in [1.54, 1.807) is 19.1 Å². The molecule has 3 aromatic rings. The summed E-state index contributed by atoms with van der Waals surface area (Å²) in [5.74, 6) is -0.884. The molecule has 0 bridgehead atoms. The molecule has 2 heterocycles. The maximum atomic E-state index is 13.9. The van der Waals surface area contributed by atoms with Crippen molar-refractivity contribution in [3.8, 4) is 0 Å². The number of carbonyl (C=O) groups excluding carboxylic acids is 2. The number of nitrogens with one attached hydrogen (secondary N) is 2. The van der Waals surface area contributed by atoms with Crippen LogP contribution in [0.4, 0.5) is 4.79 Å². The quantitative estimate of drug-likeness (QED) is 0.244. The molecule has 2 N–H and O–H groups in total. The molecule has 1 aromatic heterocycles. The van der Waals surface area contributed by atoms with Crippen molar-refractivity contribution in [2.75, 3.05) is 0 Å². The van der Waals surface area contributed by atoms with Crippen molar-refractivity contribution in [1.82, 2.24) is 20.4 Å². The Kier molecular flexibility index (Phi) is 10.1. The Morgan fingerprint density at radius 1 is 1.04 bits per heavy atom. The average Bonchev–Trinajstić information content (AvgIpc) is 3.57. The van der Waals surface area contributed by atoms with Gasteiger partial charge in [-0.1, -0.05) is 63.2 Å². The molecule has 4 atom stereocenters. The van der Waals surface area contributed by atoms with Crippen molar-refractivity contribution >= 4 is 20.3 Å². The van der Waals surface area contributed by atoms with Gasteiger partial charge in [0.15, 0.2) is 8.32 Å². The summed E-state index contributed by atoms with van der Waals surface area (Å²) in [4.78, 5) is 39.9. The number of hydrogen-bond donors (Lipinski definition) is 2. The van der Waals surface area contributed by atoms with Crippen molar-refractivity contribution in [3.63, 3.8) is 0 Å². The highest BCUT2D eigenvalue weighted by Crippen LogP contribution is 2.44. The Balaban J connectivity index is 1.58. The highest BCUT2D eigenvalue weighted by atomic mass is 28.4. The molecule has 4 rings (SSSR count). The molecule has 244 valence electrons. The van der Waals surface area contributed by atoms with E-state index < -0.39 is 25.7 Å². The summed E-state index contributed by atoms with van der Waals surface area (Å²) in [6, 6.07) is 16.7. The van der Waals surface area contributed by atoms with E-state index >= 15 is 0 Å². The van der Waals surface area contributed by atoms with Gasteiger partial charge in [-0.3, -0.25) is 9.69 Å². The van der Waals surface area contributed by atoms with E-state index in [0.717, 1.165) is 24.0 Å². The van der Waals surface area contributed by atoms with E-state index in [4.69, 9.17) is 13.6 Å². The molecule has 11 heteroatoms. The molecular formula is C34H48N4O6Si. The molecule has 10 nitrogen and oxygen atoms in total. The lowest BCUT2D eigenvalue weighted by atomic mass is 10.0. The predicted octanol–water partition coefficient (Wildman–Crippen LogP) is 6.93. The Morgan fingerprint density at radius 2 is 1.69 bits per heavy atom. The van der Waals surface area contributed by atoms with Crippen LogP contribution < -0.4 is 11.1 Å². The van der Waals surface area contributed by atoms with Gasteiger partial charge in [0.1, 0.15) is 11.6 Å². The first-order valence-electron chi connectivity index (χ1n) is 15.6. The lowest BCUT2D eigenvalue weighted by Gasteiger charge is -2.43. The van der Waals surface area contributed by atoms with Crippen molar-refractivity contribution in [2.45, 2.75) is 116 Å². The molecule has 0 aliphatic carbocycles. The summed E-state index contributed by atoms with van der Waals surface area (Å²) in [7, 11) is -2.22. The van der Waals surface area contributed by atoms with Crippen LogP contribution in [-0.2, 0) is 15.6 Å². The maximum Gasteiger partial charge on any atom is 0.434 e. The first-order valence-corrected chi connectivity index (χ1v) is 18.6. The number of H-pyrrole nitrogens is 1. The minimum absolute atomic E-state index is 0.00743. The Bertz CT molecular complexity index is 1500. The van der Waals surface area contributed by atoms with Gasteiger partial charge in [0, 0.05) is 11.6 Å². The van der Waals surface area contributed by atoms with Gasteiger partial charge in [-0.2, -0.15) is 0 Å². The molecule has 1 aliphatic rings. The van der Waals surface area contributed by atoms with Crippen molar-refractivity contribution in [3.05, 3.63) is 87.7 Å². The minimum Gasteiger partial charge on any atom is -0.444 e. The van der Waals surface area contributed by atoms with E-state index in [0.29, 0.717) is 12.0 Å². The third-order valence-electron chi connectivity index (χ3n) is 8.72. The smallest absolute Gasteiger partial charge is 0.434 e. The van der Waals surface area contributed by atoms with E-state index in [2.05, 4.69) is 61.5 Å². The summed E-state index contributed by atoms with van der Waals surface area (Å²) in [5.41, 5.74) is 1.87. The highest BCUT2D eigenvalue weighted by Gasteiger charge is 2.47. The zero-order valence-corrected chi connectivity index (χ0v) is 29.0. The largest absolute Gasteiger partial charge is 0.444 e. The topological polar surface area (TPSA) is 127 Å². The highest BCUT2D eigenvalue weighted by molar-refractivity contribution is 6.74. The average molecular weight is 637 g/mol. The van der Waals surface area contributed by atoms with Gasteiger partial charge in [-0.25, -0.2) is 14.7 Å². The van der Waals surface area contributed by atoms with E-state index in [9.17, 15) is 14.4 Å². The van der Waals surface area contributed by atoms with Gasteiger partial charge in [0.2, 0.25) is 5.89 Å². The van der Waals surface area contributed by atoms with E-state index in [-0.39, 0.29) is 41.1 Å². The van der Waals surface area contributed by atoms with Gasteiger partial charge >= 0.3 is 11.8 Å².